The molecule has 2 N–H and O–H groups in total. The second-order valence-electron chi connectivity index (χ2n) is 4.59. The Morgan fingerprint density at radius 3 is 2.94 bits per heavy atom. The molecule has 0 bridgehead atoms. The van der Waals surface area contributed by atoms with Crippen molar-refractivity contribution >= 4 is 23.4 Å². The quantitative estimate of drug-likeness (QED) is 0.917. The van der Waals surface area contributed by atoms with Crippen molar-refractivity contribution in [2.24, 2.45) is 11.7 Å². The Morgan fingerprint density at radius 1 is 1.59 bits per heavy atom. The molecule has 2 heterocycles. The predicted molar refractivity (Wildman–Crippen MR) is 74.5 cm³/mol. The van der Waals surface area contributed by atoms with Crippen LogP contribution in [0.3, 0.4) is 0 Å². The lowest BCUT2D eigenvalue weighted by atomic mass is 9.93. The Kier molecular flexibility index (Phi) is 4.77. The molecule has 17 heavy (non-hydrogen) atoms. The van der Waals surface area contributed by atoms with Gasteiger partial charge in [-0.15, -0.1) is 0 Å². The van der Waals surface area contributed by atoms with Gasteiger partial charge in [0, 0.05) is 12.6 Å². The molecule has 0 amide bonds. The zero-order valence-electron chi connectivity index (χ0n) is 10.2. The minimum Gasteiger partial charge on any atom is -0.323 e. The van der Waals surface area contributed by atoms with Gasteiger partial charge in [0.1, 0.15) is 0 Å². The van der Waals surface area contributed by atoms with Crippen molar-refractivity contribution in [1.29, 1.82) is 0 Å². The molecule has 0 spiro atoms. The number of nitrogens with zero attached hydrogens (tertiary/aromatic N) is 2. The third-order valence-electron chi connectivity index (χ3n) is 3.41. The second kappa shape index (κ2) is 6.12. The molecule has 3 nitrogen and oxygen atoms in total. The van der Waals surface area contributed by atoms with Crippen molar-refractivity contribution in [2.45, 2.75) is 38.8 Å². The fraction of sp³-hybridized carbons (Fsp3) is 0.750. The van der Waals surface area contributed by atoms with Crippen LogP contribution in [0.25, 0.3) is 0 Å². The van der Waals surface area contributed by atoms with Gasteiger partial charge in [-0.25, -0.2) is 0 Å². The number of rotatable bonds is 4. The highest BCUT2D eigenvalue weighted by molar-refractivity contribution is 7.99. The fourth-order valence-electron chi connectivity index (χ4n) is 2.45. The molecule has 1 aromatic heterocycles. The van der Waals surface area contributed by atoms with Gasteiger partial charge in [0.25, 0.3) is 0 Å². The van der Waals surface area contributed by atoms with Crippen molar-refractivity contribution < 1.29 is 0 Å². The maximum absolute atomic E-state index is 6.30. The normalized spacial score (nSPS) is 19.5. The molecule has 1 saturated heterocycles. The number of aromatic nitrogens is 2. The van der Waals surface area contributed by atoms with E-state index in [2.05, 4.69) is 12.0 Å². The van der Waals surface area contributed by atoms with Crippen LogP contribution in [0.15, 0.2) is 6.20 Å². The molecule has 1 aromatic rings. The SMILES string of the molecule is CCn1ncc(Cl)c1C(N)CC1CCSCC1. The van der Waals surface area contributed by atoms with E-state index in [0.29, 0.717) is 5.02 Å². The largest absolute Gasteiger partial charge is 0.323 e. The van der Waals surface area contributed by atoms with Crippen molar-refractivity contribution in [3.63, 3.8) is 0 Å². The molecule has 0 saturated carbocycles. The Labute approximate surface area is 112 Å². The smallest absolute Gasteiger partial charge is 0.0834 e. The van der Waals surface area contributed by atoms with E-state index in [1.54, 1.807) is 6.20 Å². The maximum Gasteiger partial charge on any atom is 0.0834 e. The minimum atomic E-state index is 0.0260. The topological polar surface area (TPSA) is 43.8 Å². The zero-order chi connectivity index (χ0) is 12.3. The van der Waals surface area contributed by atoms with Gasteiger partial charge in [-0.05, 0) is 43.6 Å². The first-order valence-corrected chi connectivity index (χ1v) is 7.80. The fourth-order valence-corrected chi connectivity index (χ4v) is 3.93. The van der Waals surface area contributed by atoms with Crippen LogP contribution >= 0.6 is 23.4 Å². The molecule has 2 rings (SSSR count). The van der Waals surface area contributed by atoms with Crippen molar-refractivity contribution in [1.82, 2.24) is 9.78 Å². The lowest BCUT2D eigenvalue weighted by Gasteiger charge is -2.24. The Morgan fingerprint density at radius 2 is 2.29 bits per heavy atom. The molecular weight excluding hydrogens is 254 g/mol. The van der Waals surface area contributed by atoms with Crippen molar-refractivity contribution in [3.05, 3.63) is 16.9 Å². The van der Waals surface area contributed by atoms with E-state index in [-0.39, 0.29) is 6.04 Å². The van der Waals surface area contributed by atoms with E-state index in [0.717, 1.165) is 24.6 Å². The molecule has 0 aromatic carbocycles. The number of nitrogens with two attached hydrogens (primary N) is 1. The van der Waals surface area contributed by atoms with E-state index in [1.165, 1.54) is 24.3 Å². The highest BCUT2D eigenvalue weighted by Crippen LogP contribution is 2.32. The number of aryl methyl sites for hydroxylation is 1. The van der Waals surface area contributed by atoms with Crippen molar-refractivity contribution in [2.75, 3.05) is 11.5 Å². The van der Waals surface area contributed by atoms with Crippen LogP contribution in [0, 0.1) is 5.92 Å². The monoisotopic (exact) mass is 273 g/mol. The Hall–Kier alpha value is -0.190. The maximum atomic E-state index is 6.30. The molecular formula is C12H20ClN3S. The lowest BCUT2D eigenvalue weighted by molar-refractivity contribution is 0.399. The van der Waals surface area contributed by atoms with Gasteiger partial charge in [-0.3, -0.25) is 4.68 Å². The average molecular weight is 274 g/mol. The standard InChI is InChI=1S/C12H20ClN3S/c1-2-16-12(10(13)8-15-16)11(14)7-9-3-5-17-6-4-9/h8-9,11H,2-7,14H2,1H3. The number of hydrogen-bond donors (Lipinski definition) is 1. The van der Waals surface area contributed by atoms with Gasteiger partial charge in [0.2, 0.25) is 0 Å². The zero-order valence-corrected chi connectivity index (χ0v) is 11.8. The summed E-state index contributed by atoms with van der Waals surface area (Å²) in [4.78, 5) is 0. The van der Waals surface area contributed by atoms with Crippen LogP contribution < -0.4 is 5.73 Å². The van der Waals surface area contributed by atoms with Crippen LogP contribution in [-0.2, 0) is 6.54 Å². The highest BCUT2D eigenvalue weighted by Gasteiger charge is 2.22. The predicted octanol–water partition coefficient (Wildman–Crippen LogP) is 3.09. The van der Waals surface area contributed by atoms with Crippen LogP contribution in [0.2, 0.25) is 5.02 Å². The Bertz CT molecular complexity index is 361. The van der Waals surface area contributed by atoms with Gasteiger partial charge in [0.05, 0.1) is 16.9 Å². The molecule has 1 fully saturated rings. The van der Waals surface area contributed by atoms with E-state index in [9.17, 15) is 0 Å². The molecule has 5 heteroatoms. The van der Waals surface area contributed by atoms with Crippen LogP contribution in [0.4, 0.5) is 0 Å². The summed E-state index contributed by atoms with van der Waals surface area (Å²) in [5, 5.41) is 4.96. The Balaban J connectivity index is 2.02. The lowest BCUT2D eigenvalue weighted by Crippen LogP contribution is -2.21. The van der Waals surface area contributed by atoms with E-state index in [4.69, 9.17) is 17.3 Å². The summed E-state index contributed by atoms with van der Waals surface area (Å²) < 4.78 is 1.92. The third kappa shape index (κ3) is 3.18. The molecule has 1 aliphatic heterocycles. The van der Waals surface area contributed by atoms with Gasteiger partial charge < -0.3 is 5.73 Å². The van der Waals surface area contributed by atoms with Gasteiger partial charge >= 0.3 is 0 Å². The summed E-state index contributed by atoms with van der Waals surface area (Å²) in [6, 6.07) is 0.0260. The number of halogens is 1. The minimum absolute atomic E-state index is 0.0260. The van der Waals surface area contributed by atoms with Crippen LogP contribution in [0.1, 0.15) is 37.9 Å². The molecule has 1 atom stereocenters. The van der Waals surface area contributed by atoms with Gasteiger partial charge in [-0.2, -0.15) is 16.9 Å². The van der Waals surface area contributed by atoms with E-state index < -0.39 is 0 Å². The summed E-state index contributed by atoms with van der Waals surface area (Å²) >= 11 is 8.22. The van der Waals surface area contributed by atoms with Gasteiger partial charge in [0.15, 0.2) is 0 Å². The summed E-state index contributed by atoms with van der Waals surface area (Å²) in [7, 11) is 0. The van der Waals surface area contributed by atoms with Crippen molar-refractivity contribution in [3.8, 4) is 0 Å². The molecule has 0 radical (unpaired) electrons. The summed E-state index contributed by atoms with van der Waals surface area (Å²) in [5.74, 6) is 3.30. The first kappa shape index (κ1) is 13.2. The van der Waals surface area contributed by atoms with E-state index in [1.807, 2.05) is 16.4 Å². The first-order chi connectivity index (χ1) is 8.22. The van der Waals surface area contributed by atoms with Crippen LogP contribution in [-0.4, -0.2) is 21.3 Å². The average Bonchev–Trinajstić information content (AvgIpc) is 2.71. The summed E-state index contributed by atoms with van der Waals surface area (Å²) in [6.07, 6.45) is 5.31. The molecule has 96 valence electrons. The summed E-state index contributed by atoms with van der Waals surface area (Å²) in [6.45, 7) is 2.90. The summed E-state index contributed by atoms with van der Waals surface area (Å²) in [5.41, 5.74) is 7.30. The third-order valence-corrected chi connectivity index (χ3v) is 4.75. The second-order valence-corrected chi connectivity index (χ2v) is 6.22. The molecule has 1 unspecified atom stereocenters. The number of thioether (sulfide) groups is 1. The van der Waals surface area contributed by atoms with Gasteiger partial charge in [-0.1, -0.05) is 11.6 Å². The molecule has 0 aliphatic carbocycles. The van der Waals surface area contributed by atoms with Crippen LogP contribution in [0.5, 0.6) is 0 Å². The first-order valence-electron chi connectivity index (χ1n) is 6.27. The molecule has 1 aliphatic rings. The van der Waals surface area contributed by atoms with E-state index >= 15 is 0 Å². The highest BCUT2D eigenvalue weighted by atomic mass is 35.5. The number of hydrogen-bond acceptors (Lipinski definition) is 3.